The number of sulfonamides is 1. The van der Waals surface area contributed by atoms with E-state index >= 15 is 0 Å². The van der Waals surface area contributed by atoms with Gasteiger partial charge in [-0.05, 0) is 52.0 Å². The van der Waals surface area contributed by atoms with Gasteiger partial charge in [0, 0.05) is 25.2 Å². The molecular weight excluding hydrogens is 494 g/mol. The quantitative estimate of drug-likeness (QED) is 0.422. The molecule has 3 amide bonds. The van der Waals surface area contributed by atoms with Crippen LogP contribution in [0.4, 0.5) is 0 Å². The van der Waals surface area contributed by atoms with Crippen molar-refractivity contribution in [1.29, 1.82) is 0 Å². The number of fused-ring (bicyclic) bond motifs is 1. The minimum atomic E-state index is -3.54. The molecule has 5 atom stereocenters. The highest BCUT2D eigenvalue weighted by atomic mass is 32.2. The van der Waals surface area contributed by atoms with Crippen LogP contribution in [0.3, 0.4) is 0 Å². The second-order valence-electron chi connectivity index (χ2n) is 11.6. The molecule has 0 aromatic rings. The lowest BCUT2D eigenvalue weighted by molar-refractivity contribution is -0.141. The summed E-state index contributed by atoms with van der Waals surface area (Å²) < 4.78 is 26.8. The summed E-state index contributed by atoms with van der Waals surface area (Å²) >= 11 is 0. The zero-order valence-corrected chi connectivity index (χ0v) is 23.4. The molecule has 37 heavy (non-hydrogen) atoms. The van der Waals surface area contributed by atoms with Gasteiger partial charge in [0.25, 0.3) is 0 Å². The summed E-state index contributed by atoms with van der Waals surface area (Å²) in [5, 5.41) is 9.13. The minimum Gasteiger partial charge on any atom is -0.353 e. The molecule has 0 radical (unpaired) electrons. The van der Waals surface area contributed by atoms with E-state index < -0.39 is 40.1 Å². The molecule has 11 heteroatoms. The van der Waals surface area contributed by atoms with E-state index in [9.17, 15) is 22.8 Å². The summed E-state index contributed by atoms with van der Waals surface area (Å²) in [7, 11) is -1.83. The van der Waals surface area contributed by atoms with Gasteiger partial charge in [-0.1, -0.05) is 38.5 Å². The standard InChI is InChI=1S/C26H45N5O5S/c1-17(27-2)24(32)29-22(18-10-6-4-7-11-18)26(34)30-15-14-21-23(30)20(16-31(21)37(3,35)36)25(33)28-19-12-8-5-9-13-19/h17-23,27H,4-16H2,1-3H3,(H,28,33)(H,29,32). The number of amides is 3. The molecule has 10 nitrogen and oxygen atoms in total. The van der Waals surface area contributed by atoms with E-state index in [4.69, 9.17) is 0 Å². The predicted octanol–water partition coefficient (Wildman–Crippen LogP) is 0.969. The average Bonchev–Trinajstić information content (AvgIpc) is 3.48. The molecule has 2 aliphatic carbocycles. The van der Waals surface area contributed by atoms with Gasteiger partial charge in [-0.25, -0.2) is 8.42 Å². The first-order valence-corrected chi connectivity index (χ1v) is 16.0. The van der Waals surface area contributed by atoms with Gasteiger partial charge in [0.1, 0.15) is 6.04 Å². The maximum Gasteiger partial charge on any atom is 0.245 e. The molecule has 2 heterocycles. The molecule has 4 fully saturated rings. The number of likely N-dealkylation sites (tertiary alicyclic amines) is 1. The highest BCUT2D eigenvalue weighted by Crippen LogP contribution is 2.39. The number of hydrogen-bond acceptors (Lipinski definition) is 6. The van der Waals surface area contributed by atoms with Gasteiger partial charge in [0.15, 0.2) is 0 Å². The predicted molar refractivity (Wildman–Crippen MR) is 141 cm³/mol. The van der Waals surface area contributed by atoms with Gasteiger partial charge in [-0.3, -0.25) is 14.4 Å². The second-order valence-corrected chi connectivity index (χ2v) is 13.5. The number of nitrogens with one attached hydrogen (secondary N) is 3. The van der Waals surface area contributed by atoms with Gasteiger partial charge in [-0.2, -0.15) is 4.31 Å². The van der Waals surface area contributed by atoms with Crippen LogP contribution in [0.1, 0.15) is 77.6 Å². The molecule has 0 bridgehead atoms. The van der Waals surface area contributed by atoms with E-state index in [1.165, 1.54) is 17.0 Å². The van der Waals surface area contributed by atoms with Crippen molar-refractivity contribution in [2.24, 2.45) is 11.8 Å². The third-order valence-corrected chi connectivity index (χ3v) is 10.4. The van der Waals surface area contributed by atoms with E-state index in [1.54, 1.807) is 18.9 Å². The number of nitrogens with zero attached hydrogens (tertiary/aromatic N) is 2. The van der Waals surface area contributed by atoms with Crippen LogP contribution in [0, 0.1) is 11.8 Å². The molecule has 2 saturated heterocycles. The van der Waals surface area contributed by atoms with Crippen LogP contribution in [0.15, 0.2) is 0 Å². The summed E-state index contributed by atoms with van der Waals surface area (Å²) in [6.07, 6.45) is 11.8. The fourth-order valence-corrected chi connectivity index (χ4v) is 8.06. The average molecular weight is 540 g/mol. The van der Waals surface area contributed by atoms with Crippen molar-refractivity contribution in [1.82, 2.24) is 25.2 Å². The Morgan fingerprint density at radius 3 is 2.14 bits per heavy atom. The maximum atomic E-state index is 14.1. The third-order valence-electron chi connectivity index (χ3n) is 9.09. The molecule has 2 saturated carbocycles. The van der Waals surface area contributed by atoms with Gasteiger partial charge < -0.3 is 20.9 Å². The van der Waals surface area contributed by atoms with Gasteiger partial charge in [0.2, 0.25) is 27.7 Å². The third kappa shape index (κ3) is 6.30. The van der Waals surface area contributed by atoms with E-state index in [0.29, 0.717) is 13.0 Å². The highest BCUT2D eigenvalue weighted by Gasteiger charge is 2.56. The fraction of sp³-hybridized carbons (Fsp3) is 0.885. The fourth-order valence-electron chi connectivity index (χ4n) is 6.90. The first-order chi connectivity index (χ1) is 17.6. The van der Waals surface area contributed by atoms with Crippen LogP contribution in [0.5, 0.6) is 0 Å². The normalized spacial score (nSPS) is 29.5. The Labute approximate surface area is 221 Å². The zero-order chi connectivity index (χ0) is 26.7. The second kappa shape index (κ2) is 12.0. The number of hydrogen-bond donors (Lipinski definition) is 3. The number of likely N-dealkylation sites (N-methyl/N-ethyl adjacent to an activating group) is 1. The van der Waals surface area contributed by atoms with Crippen molar-refractivity contribution >= 4 is 27.7 Å². The molecule has 5 unspecified atom stereocenters. The molecule has 3 N–H and O–H groups in total. The molecule has 2 aliphatic heterocycles. The summed E-state index contributed by atoms with van der Waals surface area (Å²) in [6.45, 7) is 2.23. The molecule has 0 aromatic carbocycles. The first-order valence-electron chi connectivity index (χ1n) is 14.2. The molecule has 0 spiro atoms. The zero-order valence-electron chi connectivity index (χ0n) is 22.6. The van der Waals surface area contributed by atoms with Crippen molar-refractivity contribution in [2.75, 3.05) is 26.4 Å². The Bertz CT molecular complexity index is 947. The molecule has 4 rings (SSSR count). The van der Waals surface area contributed by atoms with Crippen molar-refractivity contribution < 1.29 is 22.8 Å². The van der Waals surface area contributed by atoms with Crippen molar-refractivity contribution in [3.63, 3.8) is 0 Å². The lowest BCUT2D eigenvalue weighted by Gasteiger charge is -2.36. The molecule has 0 aromatic heterocycles. The monoisotopic (exact) mass is 539 g/mol. The van der Waals surface area contributed by atoms with Crippen molar-refractivity contribution in [3.05, 3.63) is 0 Å². The number of rotatable bonds is 8. The topological polar surface area (TPSA) is 128 Å². The Morgan fingerprint density at radius 2 is 1.54 bits per heavy atom. The van der Waals surface area contributed by atoms with Crippen LogP contribution < -0.4 is 16.0 Å². The van der Waals surface area contributed by atoms with Crippen LogP contribution in [0.25, 0.3) is 0 Å². The lowest BCUT2D eigenvalue weighted by atomic mass is 9.83. The maximum absolute atomic E-state index is 14.1. The lowest BCUT2D eigenvalue weighted by Crippen LogP contribution is -2.58. The molecule has 4 aliphatic rings. The number of carbonyl (C=O) groups excluding carboxylic acids is 3. The summed E-state index contributed by atoms with van der Waals surface area (Å²) in [6, 6.07) is -1.94. The van der Waals surface area contributed by atoms with Gasteiger partial charge in [0.05, 0.1) is 24.3 Å². The van der Waals surface area contributed by atoms with E-state index in [-0.39, 0.29) is 36.2 Å². The Balaban J connectivity index is 1.58. The summed E-state index contributed by atoms with van der Waals surface area (Å²) in [4.78, 5) is 42.2. The van der Waals surface area contributed by atoms with E-state index in [2.05, 4.69) is 16.0 Å². The Morgan fingerprint density at radius 1 is 0.919 bits per heavy atom. The van der Waals surface area contributed by atoms with E-state index in [0.717, 1.165) is 57.8 Å². The minimum absolute atomic E-state index is 0.0373. The SMILES string of the molecule is CNC(C)C(=O)NC(C(=O)N1CCC2C1C(C(=O)NC1CCCCC1)CN2S(C)(=O)=O)C1CCCCC1. The molecular formula is C26H45N5O5S. The summed E-state index contributed by atoms with van der Waals surface area (Å²) in [5.74, 6) is -1.14. The Hall–Kier alpha value is -1.72. The number of carbonyl (C=O) groups is 3. The summed E-state index contributed by atoms with van der Waals surface area (Å²) in [5.41, 5.74) is 0. The molecule has 210 valence electrons. The van der Waals surface area contributed by atoms with Crippen LogP contribution in [-0.2, 0) is 24.4 Å². The van der Waals surface area contributed by atoms with Crippen LogP contribution >= 0.6 is 0 Å². The van der Waals surface area contributed by atoms with Crippen molar-refractivity contribution in [3.8, 4) is 0 Å². The van der Waals surface area contributed by atoms with Gasteiger partial charge in [-0.15, -0.1) is 0 Å². The van der Waals surface area contributed by atoms with Crippen LogP contribution in [-0.4, -0.2) is 91.9 Å². The highest BCUT2D eigenvalue weighted by molar-refractivity contribution is 7.88. The smallest absolute Gasteiger partial charge is 0.245 e. The largest absolute Gasteiger partial charge is 0.353 e. The Kier molecular flexibility index (Phi) is 9.17. The van der Waals surface area contributed by atoms with Gasteiger partial charge >= 0.3 is 0 Å². The first kappa shape index (κ1) is 28.3. The van der Waals surface area contributed by atoms with E-state index in [1.807, 2.05) is 0 Å². The van der Waals surface area contributed by atoms with Crippen LogP contribution in [0.2, 0.25) is 0 Å². The van der Waals surface area contributed by atoms with Crippen molar-refractivity contribution in [2.45, 2.75) is 108 Å².